The van der Waals surface area contributed by atoms with Crippen LogP contribution in [0.25, 0.3) is 0 Å². The van der Waals surface area contributed by atoms with E-state index in [1.807, 2.05) is 45.0 Å². The van der Waals surface area contributed by atoms with Crippen LogP contribution in [0.15, 0.2) is 24.3 Å². The Bertz CT molecular complexity index is 433. The lowest BCUT2D eigenvalue weighted by molar-refractivity contribution is -0.143. The van der Waals surface area contributed by atoms with Gasteiger partial charge in [-0.15, -0.1) is 0 Å². The first-order valence-electron chi connectivity index (χ1n) is 7.33. The van der Waals surface area contributed by atoms with Gasteiger partial charge in [-0.2, -0.15) is 0 Å². The number of carbonyl (C=O) groups excluding carboxylic acids is 1. The summed E-state index contributed by atoms with van der Waals surface area (Å²) in [6.45, 7) is 6.37. The molecule has 5 nitrogen and oxygen atoms in total. The first kappa shape index (κ1) is 17.8. The number of hydrogen-bond acceptors (Lipinski definition) is 3. The van der Waals surface area contributed by atoms with Crippen molar-refractivity contribution in [2.75, 3.05) is 13.1 Å². The summed E-state index contributed by atoms with van der Waals surface area (Å²) in [5, 5.41) is 8.81. The van der Waals surface area contributed by atoms with Crippen LogP contribution in [0.4, 0.5) is 4.79 Å². The van der Waals surface area contributed by atoms with Gasteiger partial charge < -0.3 is 14.7 Å². The van der Waals surface area contributed by atoms with Crippen LogP contribution in [-0.4, -0.2) is 40.8 Å². The van der Waals surface area contributed by atoms with Crippen LogP contribution in [0.3, 0.4) is 0 Å². The lowest BCUT2D eigenvalue weighted by Crippen LogP contribution is -2.42. The average molecular weight is 305 g/mol. The molecular weight excluding hydrogens is 282 g/mol. The minimum absolute atomic E-state index is 0.321. The number of piperidine rings is 1. The normalized spacial score (nSPS) is 15.1. The van der Waals surface area contributed by atoms with E-state index in [0.29, 0.717) is 25.9 Å². The number of hydrogen-bond donors (Lipinski definition) is 1. The third-order valence-electron chi connectivity index (χ3n) is 3.05. The van der Waals surface area contributed by atoms with Crippen LogP contribution in [0, 0.1) is 18.1 Å². The van der Waals surface area contributed by atoms with E-state index in [1.54, 1.807) is 4.90 Å². The summed E-state index contributed by atoms with van der Waals surface area (Å²) < 4.78 is 5.21. The fraction of sp³-hybridized carbons (Fsp3) is 0.529. The van der Waals surface area contributed by atoms with Crippen molar-refractivity contribution in [1.29, 1.82) is 0 Å². The molecule has 0 bridgehead atoms. The molecule has 1 N–H and O–H groups in total. The predicted octanol–water partition coefficient (Wildman–Crippen LogP) is 3.01. The standard InChI is InChI=1S/C11H19NO4.C6H4/c1-11(2,3)16-10(15)12-6-4-8(5-7-12)9(13)14;1-2-4-6-5-3-1/h8H,4-7H2,1-3H3,(H,13,14);1-4H. The summed E-state index contributed by atoms with van der Waals surface area (Å²) >= 11 is 0. The Morgan fingerprint density at radius 1 is 1.14 bits per heavy atom. The molecule has 0 aromatic heterocycles. The first-order chi connectivity index (χ1) is 10.3. The maximum atomic E-state index is 11.6. The van der Waals surface area contributed by atoms with Crippen LogP contribution in [0.1, 0.15) is 33.6 Å². The molecule has 1 fully saturated rings. The fourth-order valence-corrected chi connectivity index (χ4v) is 1.94. The Labute approximate surface area is 131 Å². The van der Waals surface area contributed by atoms with Crippen molar-refractivity contribution >= 4 is 12.1 Å². The molecule has 0 saturated carbocycles. The highest BCUT2D eigenvalue weighted by molar-refractivity contribution is 5.71. The Kier molecular flexibility index (Phi) is 6.71. The molecule has 1 amide bonds. The van der Waals surface area contributed by atoms with E-state index in [0.717, 1.165) is 0 Å². The van der Waals surface area contributed by atoms with E-state index in [9.17, 15) is 9.59 Å². The van der Waals surface area contributed by atoms with Crippen molar-refractivity contribution < 1.29 is 19.4 Å². The number of carbonyl (C=O) groups is 2. The van der Waals surface area contributed by atoms with Gasteiger partial charge in [0.1, 0.15) is 5.60 Å². The zero-order valence-corrected chi connectivity index (χ0v) is 13.3. The fourth-order valence-electron chi connectivity index (χ4n) is 1.94. The number of carboxylic acid groups (broad SMARTS) is 1. The minimum Gasteiger partial charge on any atom is -0.481 e. The molecule has 1 saturated heterocycles. The van der Waals surface area contributed by atoms with Gasteiger partial charge in [0, 0.05) is 13.1 Å². The highest BCUT2D eigenvalue weighted by Gasteiger charge is 2.29. The minimum atomic E-state index is -0.774. The quantitative estimate of drug-likeness (QED) is 0.866. The van der Waals surface area contributed by atoms with Crippen molar-refractivity contribution in [3.63, 3.8) is 0 Å². The average Bonchev–Trinajstić information content (AvgIpc) is 2.48. The first-order valence-corrected chi connectivity index (χ1v) is 7.33. The van der Waals surface area contributed by atoms with Gasteiger partial charge in [-0.25, -0.2) is 4.79 Å². The molecule has 5 heteroatoms. The van der Waals surface area contributed by atoms with Crippen molar-refractivity contribution in [1.82, 2.24) is 4.90 Å². The highest BCUT2D eigenvalue weighted by atomic mass is 16.6. The summed E-state index contributed by atoms with van der Waals surface area (Å²) in [5.74, 6) is -1.09. The second-order valence-electron chi connectivity index (χ2n) is 6.09. The predicted molar refractivity (Wildman–Crippen MR) is 82.3 cm³/mol. The Morgan fingerprint density at radius 2 is 1.64 bits per heavy atom. The summed E-state index contributed by atoms with van der Waals surface area (Å²) in [6, 6.07) is 13.0. The lowest BCUT2D eigenvalue weighted by Gasteiger charge is -2.32. The van der Waals surface area contributed by atoms with E-state index >= 15 is 0 Å². The molecule has 0 aliphatic carbocycles. The maximum Gasteiger partial charge on any atom is 0.410 e. The molecule has 0 atom stereocenters. The van der Waals surface area contributed by atoms with Gasteiger partial charge in [-0.05, 0) is 45.7 Å². The lowest BCUT2D eigenvalue weighted by atomic mass is 9.97. The number of nitrogens with zero attached hydrogens (tertiary/aromatic N) is 1. The van der Waals surface area contributed by atoms with Crippen LogP contribution >= 0.6 is 0 Å². The number of amides is 1. The topological polar surface area (TPSA) is 66.8 Å². The van der Waals surface area contributed by atoms with Crippen LogP contribution in [0.5, 0.6) is 0 Å². The van der Waals surface area contributed by atoms with Gasteiger partial charge in [0.15, 0.2) is 0 Å². The van der Waals surface area contributed by atoms with E-state index in [2.05, 4.69) is 12.1 Å². The van der Waals surface area contributed by atoms with Crippen LogP contribution in [0.2, 0.25) is 0 Å². The Morgan fingerprint density at radius 3 is 1.95 bits per heavy atom. The van der Waals surface area contributed by atoms with E-state index in [-0.39, 0.29) is 12.0 Å². The van der Waals surface area contributed by atoms with Crippen molar-refractivity contribution in [3.8, 4) is 0 Å². The second kappa shape index (κ2) is 8.28. The number of ether oxygens (including phenoxy) is 1. The van der Waals surface area contributed by atoms with Crippen molar-refractivity contribution in [3.05, 3.63) is 36.4 Å². The number of carboxylic acids is 1. The highest BCUT2D eigenvalue weighted by Crippen LogP contribution is 2.19. The summed E-state index contributed by atoms with van der Waals surface area (Å²) in [5.41, 5.74) is -0.499. The van der Waals surface area contributed by atoms with Crippen LogP contribution < -0.4 is 0 Å². The second-order valence-corrected chi connectivity index (χ2v) is 6.09. The monoisotopic (exact) mass is 305 g/mol. The molecule has 1 aliphatic heterocycles. The Hall–Kier alpha value is -2.22. The summed E-state index contributed by atoms with van der Waals surface area (Å²) in [6.07, 6.45) is 0.666. The van der Waals surface area contributed by atoms with E-state index in [4.69, 9.17) is 9.84 Å². The summed E-state index contributed by atoms with van der Waals surface area (Å²) in [4.78, 5) is 23.9. The molecule has 1 heterocycles. The van der Waals surface area contributed by atoms with Gasteiger partial charge in [0.25, 0.3) is 0 Å². The van der Waals surface area contributed by atoms with E-state index < -0.39 is 11.6 Å². The van der Waals surface area contributed by atoms with Crippen molar-refractivity contribution in [2.45, 2.75) is 39.2 Å². The third kappa shape index (κ3) is 6.98. The molecule has 0 unspecified atom stereocenters. The smallest absolute Gasteiger partial charge is 0.410 e. The molecular formula is C17H23NO4. The Balaban J connectivity index is 0.000000335. The zero-order chi connectivity index (χ0) is 16.6. The molecule has 1 aromatic carbocycles. The molecule has 1 aromatic rings. The maximum absolute atomic E-state index is 11.6. The SMILES string of the molecule is CC(C)(C)OC(=O)N1CCC(C(=O)O)CC1.c1ccccc#1. The number of likely N-dealkylation sites (tertiary alicyclic amines) is 1. The molecule has 1 aliphatic rings. The van der Waals surface area contributed by atoms with Crippen molar-refractivity contribution in [2.24, 2.45) is 5.92 Å². The van der Waals surface area contributed by atoms with E-state index in [1.165, 1.54) is 0 Å². The van der Waals surface area contributed by atoms with Crippen LogP contribution in [-0.2, 0) is 9.53 Å². The molecule has 2 rings (SSSR count). The molecule has 120 valence electrons. The van der Waals surface area contributed by atoms with Gasteiger partial charge >= 0.3 is 12.1 Å². The summed E-state index contributed by atoms with van der Waals surface area (Å²) in [7, 11) is 0. The van der Waals surface area contributed by atoms with Gasteiger partial charge in [-0.3, -0.25) is 4.79 Å². The third-order valence-corrected chi connectivity index (χ3v) is 3.05. The van der Waals surface area contributed by atoms with Gasteiger partial charge in [0.2, 0.25) is 0 Å². The molecule has 0 radical (unpaired) electrons. The van der Waals surface area contributed by atoms with Gasteiger partial charge in [-0.1, -0.05) is 24.3 Å². The number of rotatable bonds is 1. The molecule has 0 spiro atoms. The zero-order valence-electron chi connectivity index (χ0n) is 13.3. The van der Waals surface area contributed by atoms with Gasteiger partial charge in [0.05, 0.1) is 5.92 Å². The number of aliphatic carboxylic acids is 1. The molecule has 22 heavy (non-hydrogen) atoms. The largest absolute Gasteiger partial charge is 0.481 e.